The molecule has 0 atom stereocenters. The Labute approximate surface area is 95.0 Å². The Morgan fingerprint density at radius 3 is 2.38 bits per heavy atom. The topological polar surface area (TPSA) is 30.0 Å². The Bertz CT molecular complexity index is 515. The molecule has 0 aliphatic heterocycles. The van der Waals surface area contributed by atoms with Gasteiger partial charge in [0.15, 0.2) is 0 Å². The summed E-state index contributed by atoms with van der Waals surface area (Å²) in [5, 5.41) is 0. The summed E-state index contributed by atoms with van der Waals surface area (Å²) in [6, 6.07) is 11.7. The maximum atomic E-state index is 10.8. The van der Waals surface area contributed by atoms with Crippen LogP contribution in [0, 0.1) is 13.8 Å². The summed E-state index contributed by atoms with van der Waals surface area (Å²) in [7, 11) is 0. The van der Waals surface area contributed by atoms with E-state index in [2.05, 4.69) is 4.98 Å². The van der Waals surface area contributed by atoms with E-state index in [1.165, 1.54) is 5.56 Å². The number of hydrogen-bond acceptors (Lipinski definition) is 2. The minimum Gasteiger partial charge on any atom is -0.298 e. The van der Waals surface area contributed by atoms with Crippen molar-refractivity contribution in [2.45, 2.75) is 13.8 Å². The van der Waals surface area contributed by atoms with E-state index >= 15 is 0 Å². The number of rotatable bonds is 2. The quantitative estimate of drug-likeness (QED) is 0.714. The average molecular weight is 211 g/mol. The van der Waals surface area contributed by atoms with Gasteiger partial charge in [0.1, 0.15) is 6.29 Å². The van der Waals surface area contributed by atoms with E-state index in [1.807, 2.05) is 44.2 Å². The van der Waals surface area contributed by atoms with Gasteiger partial charge in [-0.3, -0.25) is 9.78 Å². The van der Waals surface area contributed by atoms with Crippen molar-refractivity contribution in [1.29, 1.82) is 0 Å². The van der Waals surface area contributed by atoms with Gasteiger partial charge in [-0.25, -0.2) is 0 Å². The molecule has 0 amide bonds. The smallest absolute Gasteiger partial charge is 0.150 e. The van der Waals surface area contributed by atoms with Crippen molar-refractivity contribution in [3.05, 3.63) is 53.2 Å². The van der Waals surface area contributed by atoms with Gasteiger partial charge in [0.05, 0.1) is 5.69 Å². The monoisotopic (exact) mass is 211 g/mol. The number of benzene rings is 1. The van der Waals surface area contributed by atoms with Crippen LogP contribution in [0.1, 0.15) is 21.6 Å². The van der Waals surface area contributed by atoms with Crippen LogP contribution in [0.3, 0.4) is 0 Å². The molecule has 1 aromatic heterocycles. The van der Waals surface area contributed by atoms with E-state index in [9.17, 15) is 4.79 Å². The third-order valence-corrected chi connectivity index (χ3v) is 2.46. The molecular weight excluding hydrogens is 198 g/mol. The molecule has 1 heterocycles. The Hall–Kier alpha value is -1.96. The first-order valence-corrected chi connectivity index (χ1v) is 5.20. The fourth-order valence-electron chi connectivity index (χ4n) is 1.64. The molecule has 0 unspecified atom stereocenters. The van der Waals surface area contributed by atoms with Crippen molar-refractivity contribution in [3.63, 3.8) is 0 Å². The van der Waals surface area contributed by atoms with Gasteiger partial charge in [-0.05, 0) is 26.0 Å². The molecule has 0 N–H and O–H groups in total. The number of aryl methyl sites for hydroxylation is 2. The van der Waals surface area contributed by atoms with Gasteiger partial charge in [0.2, 0.25) is 0 Å². The summed E-state index contributed by atoms with van der Waals surface area (Å²) in [4.78, 5) is 15.2. The minimum absolute atomic E-state index is 0.670. The van der Waals surface area contributed by atoms with E-state index in [0.717, 1.165) is 23.2 Å². The number of aldehydes is 1. The van der Waals surface area contributed by atoms with Crippen molar-refractivity contribution >= 4 is 6.29 Å². The number of nitrogens with zero attached hydrogens (tertiary/aromatic N) is 1. The maximum absolute atomic E-state index is 10.8. The zero-order valence-electron chi connectivity index (χ0n) is 9.40. The highest BCUT2D eigenvalue weighted by Gasteiger charge is 2.02. The molecular formula is C14H13NO. The fraction of sp³-hybridized carbons (Fsp3) is 0.143. The number of aromatic nitrogens is 1. The molecule has 0 saturated heterocycles. The van der Waals surface area contributed by atoms with Crippen molar-refractivity contribution in [2.75, 3.05) is 0 Å². The lowest BCUT2D eigenvalue weighted by atomic mass is 10.1. The lowest BCUT2D eigenvalue weighted by Gasteiger charge is -2.04. The predicted molar refractivity (Wildman–Crippen MR) is 64.5 cm³/mol. The normalized spacial score (nSPS) is 10.1. The van der Waals surface area contributed by atoms with E-state index < -0.39 is 0 Å². The van der Waals surface area contributed by atoms with Crippen LogP contribution in [-0.4, -0.2) is 11.3 Å². The van der Waals surface area contributed by atoms with Gasteiger partial charge >= 0.3 is 0 Å². The standard InChI is InChI=1S/C14H13NO/c1-10-3-5-13(6-4-10)14-8-12(9-16)7-11(2)15-14/h3-9H,1-2H3. The largest absolute Gasteiger partial charge is 0.298 e. The third kappa shape index (κ3) is 2.16. The van der Waals surface area contributed by atoms with Gasteiger partial charge in [-0.2, -0.15) is 0 Å². The van der Waals surface area contributed by atoms with Crippen LogP contribution in [0.2, 0.25) is 0 Å². The molecule has 0 saturated carbocycles. The summed E-state index contributed by atoms with van der Waals surface area (Å²) in [6.45, 7) is 3.94. The molecule has 0 bridgehead atoms. The van der Waals surface area contributed by atoms with Gasteiger partial charge in [-0.1, -0.05) is 29.8 Å². The summed E-state index contributed by atoms with van der Waals surface area (Å²) >= 11 is 0. The molecule has 0 fully saturated rings. The first kappa shape index (κ1) is 10.6. The maximum Gasteiger partial charge on any atom is 0.150 e. The summed E-state index contributed by atoms with van der Waals surface area (Å²) in [5.74, 6) is 0. The first-order valence-electron chi connectivity index (χ1n) is 5.20. The Balaban J connectivity index is 2.51. The molecule has 0 radical (unpaired) electrons. The van der Waals surface area contributed by atoms with Crippen LogP contribution < -0.4 is 0 Å². The van der Waals surface area contributed by atoms with Crippen molar-refractivity contribution in [1.82, 2.24) is 4.98 Å². The lowest BCUT2D eigenvalue weighted by Crippen LogP contribution is -1.91. The highest BCUT2D eigenvalue weighted by molar-refractivity contribution is 5.77. The van der Waals surface area contributed by atoms with Crippen LogP contribution >= 0.6 is 0 Å². The van der Waals surface area contributed by atoms with Crippen LogP contribution in [0.15, 0.2) is 36.4 Å². The van der Waals surface area contributed by atoms with E-state index in [0.29, 0.717) is 5.56 Å². The Morgan fingerprint density at radius 2 is 1.75 bits per heavy atom. The van der Waals surface area contributed by atoms with Crippen molar-refractivity contribution in [3.8, 4) is 11.3 Å². The summed E-state index contributed by atoms with van der Waals surface area (Å²) < 4.78 is 0. The van der Waals surface area contributed by atoms with Crippen LogP contribution in [0.4, 0.5) is 0 Å². The second kappa shape index (κ2) is 4.27. The fourth-order valence-corrected chi connectivity index (χ4v) is 1.64. The lowest BCUT2D eigenvalue weighted by molar-refractivity contribution is 0.112. The molecule has 2 nitrogen and oxygen atoms in total. The summed E-state index contributed by atoms with van der Waals surface area (Å²) in [5.41, 5.74) is 4.63. The molecule has 0 spiro atoms. The highest BCUT2D eigenvalue weighted by atomic mass is 16.1. The Kier molecular flexibility index (Phi) is 2.82. The number of carbonyl (C=O) groups is 1. The molecule has 80 valence electrons. The Morgan fingerprint density at radius 1 is 1.06 bits per heavy atom. The second-order valence-corrected chi connectivity index (χ2v) is 3.91. The van der Waals surface area contributed by atoms with E-state index in [4.69, 9.17) is 0 Å². The highest BCUT2D eigenvalue weighted by Crippen LogP contribution is 2.19. The molecule has 2 heteroatoms. The SMILES string of the molecule is Cc1ccc(-c2cc(C=O)cc(C)n2)cc1. The molecule has 0 aliphatic carbocycles. The zero-order valence-corrected chi connectivity index (χ0v) is 9.40. The van der Waals surface area contributed by atoms with Gasteiger partial charge in [-0.15, -0.1) is 0 Å². The summed E-state index contributed by atoms with van der Waals surface area (Å²) in [6.07, 6.45) is 0.854. The van der Waals surface area contributed by atoms with Crippen LogP contribution in [0.25, 0.3) is 11.3 Å². The molecule has 2 rings (SSSR count). The number of pyridine rings is 1. The van der Waals surface area contributed by atoms with Gasteiger partial charge in [0, 0.05) is 16.8 Å². The first-order chi connectivity index (χ1) is 7.69. The number of hydrogen-bond donors (Lipinski definition) is 0. The predicted octanol–water partition coefficient (Wildman–Crippen LogP) is 3.18. The van der Waals surface area contributed by atoms with Crippen LogP contribution in [-0.2, 0) is 0 Å². The molecule has 16 heavy (non-hydrogen) atoms. The average Bonchev–Trinajstić information content (AvgIpc) is 2.29. The minimum atomic E-state index is 0.670. The van der Waals surface area contributed by atoms with Gasteiger partial charge < -0.3 is 0 Å². The molecule has 2 aromatic rings. The molecule has 1 aromatic carbocycles. The van der Waals surface area contributed by atoms with Crippen molar-refractivity contribution in [2.24, 2.45) is 0 Å². The van der Waals surface area contributed by atoms with E-state index in [-0.39, 0.29) is 0 Å². The van der Waals surface area contributed by atoms with Gasteiger partial charge in [0.25, 0.3) is 0 Å². The van der Waals surface area contributed by atoms with Crippen LogP contribution in [0.5, 0.6) is 0 Å². The van der Waals surface area contributed by atoms with E-state index in [1.54, 1.807) is 6.07 Å². The zero-order chi connectivity index (χ0) is 11.5. The second-order valence-electron chi connectivity index (χ2n) is 3.91. The molecule has 0 aliphatic rings. The third-order valence-electron chi connectivity index (χ3n) is 2.46. The number of carbonyl (C=O) groups excluding carboxylic acids is 1. The van der Waals surface area contributed by atoms with Crippen molar-refractivity contribution < 1.29 is 4.79 Å².